The quantitative estimate of drug-likeness (QED) is 0.336. The normalized spacial score (nSPS) is 16.0. The van der Waals surface area contributed by atoms with Crippen LogP contribution in [-0.4, -0.2) is 31.8 Å². The molecule has 0 fully saturated rings. The summed E-state index contributed by atoms with van der Waals surface area (Å²) in [5.41, 5.74) is 5.85. The van der Waals surface area contributed by atoms with Crippen LogP contribution in [-0.2, 0) is 19.4 Å². The molecule has 0 aliphatic rings. The van der Waals surface area contributed by atoms with Crippen molar-refractivity contribution in [3.63, 3.8) is 0 Å². The van der Waals surface area contributed by atoms with E-state index in [0.717, 1.165) is 5.57 Å². The summed E-state index contributed by atoms with van der Waals surface area (Å²) in [7, 11) is -3.21. The summed E-state index contributed by atoms with van der Waals surface area (Å²) in [5.74, 6) is 1.12. The summed E-state index contributed by atoms with van der Waals surface area (Å²) in [5, 5.41) is -0.626. The van der Waals surface area contributed by atoms with Gasteiger partial charge in [0.15, 0.2) is 9.84 Å². The van der Waals surface area contributed by atoms with Crippen molar-refractivity contribution in [2.45, 2.75) is 111 Å². The van der Waals surface area contributed by atoms with E-state index in [2.05, 4.69) is 53.7 Å². The SMILES string of the molecule is CC(=O)C[C@H](O[C@@H](C)c1c(C(C)C)cc(C(C)C)cc1C(C)C)/C(C)=C\[C@@H](C)S(C)(=O)=O. The van der Waals surface area contributed by atoms with Gasteiger partial charge in [0, 0.05) is 12.7 Å². The molecule has 0 aliphatic heterocycles. The van der Waals surface area contributed by atoms with Gasteiger partial charge in [0.25, 0.3) is 0 Å². The van der Waals surface area contributed by atoms with Crippen LogP contribution in [0.3, 0.4) is 0 Å². The lowest BCUT2D eigenvalue weighted by atomic mass is 9.82. The van der Waals surface area contributed by atoms with Crippen LogP contribution in [0.1, 0.15) is 122 Å². The highest BCUT2D eigenvalue weighted by molar-refractivity contribution is 7.91. The molecule has 0 N–H and O–H groups in total. The van der Waals surface area contributed by atoms with Crippen molar-refractivity contribution in [1.29, 1.82) is 0 Å². The summed E-state index contributed by atoms with van der Waals surface area (Å²) in [6.45, 7) is 20.3. The number of ketones is 1. The number of ether oxygens (including phenoxy) is 1. The van der Waals surface area contributed by atoms with Crippen molar-refractivity contribution in [2.24, 2.45) is 0 Å². The third kappa shape index (κ3) is 7.84. The minimum Gasteiger partial charge on any atom is -0.366 e. The Bertz CT molecular complexity index is 894. The molecule has 0 heterocycles. The van der Waals surface area contributed by atoms with E-state index in [0.29, 0.717) is 17.8 Å². The van der Waals surface area contributed by atoms with Gasteiger partial charge in [-0.25, -0.2) is 8.42 Å². The molecule has 1 rings (SSSR count). The van der Waals surface area contributed by atoms with Gasteiger partial charge in [0.1, 0.15) is 5.78 Å². The Morgan fingerprint density at radius 1 is 0.906 bits per heavy atom. The van der Waals surface area contributed by atoms with Crippen molar-refractivity contribution in [2.75, 3.05) is 6.26 Å². The van der Waals surface area contributed by atoms with Crippen molar-refractivity contribution in [3.05, 3.63) is 46.0 Å². The monoisotopic (exact) mass is 464 g/mol. The fourth-order valence-electron chi connectivity index (χ4n) is 3.97. The molecule has 182 valence electrons. The fraction of sp³-hybridized carbons (Fsp3) is 0.667. The molecule has 0 unspecified atom stereocenters. The first-order valence-electron chi connectivity index (χ1n) is 11.8. The summed E-state index contributed by atoms with van der Waals surface area (Å²) in [4.78, 5) is 12.0. The lowest BCUT2D eigenvalue weighted by Crippen LogP contribution is -2.23. The molecule has 0 saturated heterocycles. The number of Topliss-reactive ketones (excluding diaryl/α,β-unsaturated/α-hetero) is 1. The minimum absolute atomic E-state index is 0.0188. The standard InChI is InChI=1S/C27H44O4S/c1-16(2)23-14-24(17(3)4)27(25(15-23)18(5)6)22(10)31-26(13-20(8)28)19(7)12-21(9)32(11,29)30/h12,14-18,21-22,26H,13H2,1-11H3/b19-12-/t21-,22+,26+/m1/s1. The second-order valence-corrected chi connectivity index (χ2v) is 12.6. The van der Waals surface area contributed by atoms with Crippen LogP contribution in [0, 0.1) is 0 Å². The molecule has 0 radical (unpaired) electrons. The van der Waals surface area contributed by atoms with Crippen molar-refractivity contribution in [3.8, 4) is 0 Å². The Kier molecular flexibility index (Phi) is 10.4. The average Bonchev–Trinajstić information content (AvgIpc) is 2.64. The fourth-order valence-corrected chi connectivity index (χ4v) is 4.44. The first-order chi connectivity index (χ1) is 14.6. The maximum Gasteiger partial charge on any atom is 0.153 e. The number of carbonyl (C=O) groups excluding carboxylic acids is 1. The van der Waals surface area contributed by atoms with Gasteiger partial charge in [-0.1, -0.05) is 59.8 Å². The summed E-state index contributed by atoms with van der Waals surface area (Å²) in [6.07, 6.45) is 2.47. The average molecular weight is 465 g/mol. The third-order valence-corrected chi connectivity index (χ3v) is 7.59. The van der Waals surface area contributed by atoms with Crippen molar-refractivity contribution in [1.82, 2.24) is 0 Å². The number of carbonyl (C=O) groups is 1. The van der Waals surface area contributed by atoms with E-state index in [1.807, 2.05) is 13.8 Å². The Balaban J connectivity index is 3.51. The van der Waals surface area contributed by atoms with Crippen LogP contribution in [0.15, 0.2) is 23.8 Å². The van der Waals surface area contributed by atoms with Crippen LogP contribution < -0.4 is 0 Å². The highest BCUT2D eigenvalue weighted by atomic mass is 32.2. The van der Waals surface area contributed by atoms with Gasteiger partial charge in [0.2, 0.25) is 0 Å². The van der Waals surface area contributed by atoms with Gasteiger partial charge in [-0.05, 0) is 73.3 Å². The lowest BCUT2D eigenvalue weighted by molar-refractivity contribution is -0.120. The van der Waals surface area contributed by atoms with Crippen LogP contribution in [0.5, 0.6) is 0 Å². The Morgan fingerprint density at radius 3 is 1.72 bits per heavy atom. The van der Waals surface area contributed by atoms with Gasteiger partial charge in [0.05, 0.1) is 17.5 Å². The highest BCUT2D eigenvalue weighted by Crippen LogP contribution is 2.38. The van der Waals surface area contributed by atoms with Crippen LogP contribution >= 0.6 is 0 Å². The summed E-state index contributed by atoms with van der Waals surface area (Å²) < 4.78 is 30.4. The first-order valence-corrected chi connectivity index (χ1v) is 13.7. The number of benzene rings is 1. The van der Waals surface area contributed by atoms with E-state index in [1.54, 1.807) is 19.9 Å². The molecule has 4 nitrogen and oxygen atoms in total. The van der Waals surface area contributed by atoms with E-state index in [-0.39, 0.29) is 18.3 Å². The summed E-state index contributed by atoms with van der Waals surface area (Å²) >= 11 is 0. The molecule has 0 saturated carbocycles. The van der Waals surface area contributed by atoms with Crippen molar-refractivity contribution < 1.29 is 17.9 Å². The Labute approximate surface area is 196 Å². The molecule has 1 aromatic rings. The van der Waals surface area contributed by atoms with Gasteiger partial charge in [-0.15, -0.1) is 0 Å². The zero-order valence-electron chi connectivity index (χ0n) is 21.9. The van der Waals surface area contributed by atoms with Gasteiger partial charge in [-0.3, -0.25) is 4.79 Å². The molecule has 0 amide bonds. The van der Waals surface area contributed by atoms with Crippen molar-refractivity contribution >= 4 is 15.6 Å². The number of rotatable bonds is 11. The molecular formula is C27H44O4S. The van der Waals surface area contributed by atoms with Gasteiger partial charge in [-0.2, -0.15) is 0 Å². The van der Waals surface area contributed by atoms with Crippen LogP contribution in [0.2, 0.25) is 0 Å². The highest BCUT2D eigenvalue weighted by Gasteiger charge is 2.26. The molecule has 5 heteroatoms. The Morgan fingerprint density at radius 2 is 1.38 bits per heavy atom. The molecular weight excluding hydrogens is 420 g/mol. The van der Waals surface area contributed by atoms with E-state index in [1.165, 1.54) is 28.5 Å². The molecule has 3 atom stereocenters. The van der Waals surface area contributed by atoms with E-state index in [9.17, 15) is 13.2 Å². The molecule has 0 aliphatic carbocycles. The van der Waals surface area contributed by atoms with E-state index in [4.69, 9.17) is 4.74 Å². The first kappa shape index (κ1) is 28.6. The van der Waals surface area contributed by atoms with E-state index >= 15 is 0 Å². The maximum atomic E-state index is 12.0. The van der Waals surface area contributed by atoms with Gasteiger partial charge < -0.3 is 4.74 Å². The molecule has 32 heavy (non-hydrogen) atoms. The smallest absolute Gasteiger partial charge is 0.153 e. The minimum atomic E-state index is -3.21. The molecule has 0 spiro atoms. The van der Waals surface area contributed by atoms with Crippen LogP contribution in [0.25, 0.3) is 0 Å². The maximum absolute atomic E-state index is 12.0. The predicted octanol–water partition coefficient (Wildman–Crippen LogP) is 6.86. The van der Waals surface area contributed by atoms with Crippen LogP contribution in [0.4, 0.5) is 0 Å². The number of hydrogen-bond donors (Lipinski definition) is 0. The zero-order chi connectivity index (χ0) is 25.0. The molecule has 0 aromatic heterocycles. The topological polar surface area (TPSA) is 60.4 Å². The predicted molar refractivity (Wildman–Crippen MR) is 135 cm³/mol. The number of sulfone groups is 1. The largest absolute Gasteiger partial charge is 0.366 e. The third-order valence-electron chi connectivity index (χ3n) is 6.11. The second-order valence-electron chi connectivity index (χ2n) is 10.2. The lowest BCUT2D eigenvalue weighted by Gasteiger charge is -2.30. The molecule has 0 bridgehead atoms. The Hall–Kier alpha value is -1.46. The zero-order valence-corrected chi connectivity index (χ0v) is 22.8. The number of hydrogen-bond acceptors (Lipinski definition) is 4. The second kappa shape index (κ2) is 11.6. The summed E-state index contributed by atoms with van der Waals surface area (Å²) in [6, 6.07) is 4.59. The molecule has 1 aromatic carbocycles. The van der Waals surface area contributed by atoms with Gasteiger partial charge >= 0.3 is 0 Å². The van der Waals surface area contributed by atoms with E-state index < -0.39 is 21.2 Å².